The Labute approximate surface area is 137 Å². The Morgan fingerprint density at radius 3 is 2.32 bits per heavy atom. The van der Waals surface area contributed by atoms with Crippen molar-refractivity contribution in [1.82, 2.24) is 5.32 Å². The molecule has 0 bridgehead atoms. The largest absolute Gasteiger partial charge is 0.381 e. The fraction of sp³-hybridized carbons (Fsp3) is 0.944. The highest BCUT2D eigenvalue weighted by molar-refractivity contribution is 5.81. The monoisotopic (exact) mass is 315 g/mol. The van der Waals surface area contributed by atoms with Crippen LogP contribution in [-0.2, 0) is 14.3 Å². The number of carbonyl (C=O) groups excluding carboxylic acids is 1. The molecule has 1 atom stereocenters. The lowest BCUT2D eigenvalue weighted by molar-refractivity contribution is -0.136. The zero-order valence-electron chi connectivity index (χ0n) is 15.8. The average Bonchev–Trinajstić information content (AvgIpc) is 2.42. The molecule has 0 saturated carbocycles. The second kappa shape index (κ2) is 10.2. The molecular formula is C18H37NO3. The van der Waals surface area contributed by atoms with Gasteiger partial charge in [-0.15, -0.1) is 0 Å². The first-order valence-electron chi connectivity index (χ1n) is 8.58. The molecule has 0 aromatic carbocycles. The van der Waals surface area contributed by atoms with Crippen molar-refractivity contribution in [2.75, 3.05) is 26.4 Å². The Morgan fingerprint density at radius 2 is 1.77 bits per heavy atom. The summed E-state index contributed by atoms with van der Waals surface area (Å²) in [6.45, 7) is 16.9. The summed E-state index contributed by atoms with van der Waals surface area (Å²) in [5.74, 6) is 0.764. The number of carbonyl (C=O) groups is 1. The van der Waals surface area contributed by atoms with Crippen LogP contribution in [0.5, 0.6) is 0 Å². The van der Waals surface area contributed by atoms with Gasteiger partial charge in [-0.1, -0.05) is 20.3 Å². The van der Waals surface area contributed by atoms with E-state index < -0.39 is 5.41 Å². The molecule has 4 heteroatoms. The second-order valence-corrected chi connectivity index (χ2v) is 7.81. The van der Waals surface area contributed by atoms with Gasteiger partial charge in [-0.25, -0.2) is 0 Å². The highest BCUT2D eigenvalue weighted by atomic mass is 16.5. The van der Waals surface area contributed by atoms with Crippen LogP contribution in [0.1, 0.15) is 67.7 Å². The molecule has 1 amide bonds. The van der Waals surface area contributed by atoms with Gasteiger partial charge in [0.1, 0.15) is 0 Å². The molecule has 0 aliphatic heterocycles. The Morgan fingerprint density at radius 1 is 1.14 bits per heavy atom. The first kappa shape index (κ1) is 21.4. The van der Waals surface area contributed by atoms with Crippen LogP contribution in [0.15, 0.2) is 0 Å². The number of hydrogen-bond donors (Lipinski definition) is 1. The van der Waals surface area contributed by atoms with Gasteiger partial charge in [-0.3, -0.25) is 4.79 Å². The van der Waals surface area contributed by atoms with Gasteiger partial charge < -0.3 is 14.8 Å². The molecule has 0 spiro atoms. The summed E-state index contributed by atoms with van der Waals surface area (Å²) in [6.07, 6.45) is 3.16. The Balaban J connectivity index is 3.75. The van der Waals surface area contributed by atoms with Gasteiger partial charge in [0.2, 0.25) is 5.91 Å². The molecule has 0 aliphatic rings. The zero-order valence-corrected chi connectivity index (χ0v) is 15.8. The standard InChI is InChI=1S/C18H37NO3/c1-8-15(2)10-13-21-12-9-11-19-16(20)18(6,7)14-22-17(3,4)5/h15H,8-14H2,1-7H3,(H,19,20)/t15-/m0/s1. The number of rotatable bonds is 11. The van der Waals surface area contributed by atoms with Crippen molar-refractivity contribution < 1.29 is 14.3 Å². The maximum absolute atomic E-state index is 12.2. The fourth-order valence-electron chi connectivity index (χ4n) is 1.67. The molecule has 0 aromatic rings. The van der Waals surface area contributed by atoms with Crippen molar-refractivity contribution >= 4 is 5.91 Å². The first-order valence-corrected chi connectivity index (χ1v) is 8.58. The van der Waals surface area contributed by atoms with E-state index in [-0.39, 0.29) is 11.5 Å². The van der Waals surface area contributed by atoms with Crippen molar-refractivity contribution in [2.24, 2.45) is 11.3 Å². The molecule has 0 rings (SSSR count). The van der Waals surface area contributed by atoms with Crippen molar-refractivity contribution in [3.63, 3.8) is 0 Å². The second-order valence-electron chi connectivity index (χ2n) is 7.81. The van der Waals surface area contributed by atoms with Gasteiger partial charge in [-0.2, -0.15) is 0 Å². The molecule has 132 valence electrons. The van der Waals surface area contributed by atoms with Crippen LogP contribution in [0.4, 0.5) is 0 Å². The lowest BCUT2D eigenvalue weighted by atomic mass is 9.93. The SMILES string of the molecule is CC[C@H](C)CCOCCCNC(=O)C(C)(C)COC(C)(C)C. The van der Waals surface area contributed by atoms with Gasteiger partial charge in [0.05, 0.1) is 17.6 Å². The van der Waals surface area contributed by atoms with Crippen molar-refractivity contribution in [3.05, 3.63) is 0 Å². The van der Waals surface area contributed by atoms with Gasteiger partial charge in [0, 0.05) is 19.8 Å². The third-order valence-electron chi connectivity index (χ3n) is 3.68. The number of amides is 1. The highest BCUT2D eigenvalue weighted by Gasteiger charge is 2.29. The summed E-state index contributed by atoms with van der Waals surface area (Å²) >= 11 is 0. The first-order chi connectivity index (χ1) is 10.1. The molecule has 0 aromatic heterocycles. The molecule has 0 radical (unpaired) electrons. The molecule has 1 N–H and O–H groups in total. The quantitative estimate of drug-likeness (QED) is 0.590. The third-order valence-corrected chi connectivity index (χ3v) is 3.68. The average molecular weight is 315 g/mol. The van der Waals surface area contributed by atoms with Gasteiger partial charge in [0.25, 0.3) is 0 Å². The van der Waals surface area contributed by atoms with E-state index in [1.54, 1.807) is 0 Å². The maximum atomic E-state index is 12.2. The van der Waals surface area contributed by atoms with E-state index >= 15 is 0 Å². The van der Waals surface area contributed by atoms with E-state index in [1.165, 1.54) is 6.42 Å². The van der Waals surface area contributed by atoms with Gasteiger partial charge >= 0.3 is 0 Å². The summed E-state index contributed by atoms with van der Waals surface area (Å²) in [5, 5.41) is 2.97. The number of ether oxygens (including phenoxy) is 2. The lowest BCUT2D eigenvalue weighted by Gasteiger charge is -2.28. The summed E-state index contributed by atoms with van der Waals surface area (Å²) in [7, 11) is 0. The molecule has 0 heterocycles. The molecule has 0 aliphatic carbocycles. The Bertz CT molecular complexity index is 308. The van der Waals surface area contributed by atoms with E-state index in [4.69, 9.17) is 9.47 Å². The third kappa shape index (κ3) is 11.0. The van der Waals surface area contributed by atoms with Crippen LogP contribution in [0.25, 0.3) is 0 Å². The molecule has 4 nitrogen and oxygen atoms in total. The maximum Gasteiger partial charge on any atom is 0.227 e. The predicted octanol–water partition coefficient (Wildman–Crippen LogP) is 3.79. The van der Waals surface area contributed by atoms with Crippen molar-refractivity contribution in [3.8, 4) is 0 Å². The Kier molecular flexibility index (Phi) is 9.94. The molecule has 0 unspecified atom stereocenters. The lowest BCUT2D eigenvalue weighted by Crippen LogP contribution is -2.42. The van der Waals surface area contributed by atoms with Gasteiger partial charge in [0.15, 0.2) is 0 Å². The normalized spacial score (nSPS) is 14.0. The predicted molar refractivity (Wildman–Crippen MR) is 92.0 cm³/mol. The van der Waals surface area contributed by atoms with Crippen LogP contribution >= 0.6 is 0 Å². The van der Waals surface area contributed by atoms with Crippen LogP contribution in [0.3, 0.4) is 0 Å². The summed E-state index contributed by atoms with van der Waals surface area (Å²) in [5.41, 5.74) is -0.730. The molecule has 0 fully saturated rings. The summed E-state index contributed by atoms with van der Waals surface area (Å²) in [4.78, 5) is 12.2. The molecule has 22 heavy (non-hydrogen) atoms. The number of hydrogen-bond acceptors (Lipinski definition) is 3. The van der Waals surface area contributed by atoms with E-state index in [1.807, 2.05) is 34.6 Å². The van der Waals surface area contributed by atoms with E-state index in [0.29, 0.717) is 19.8 Å². The highest BCUT2D eigenvalue weighted by Crippen LogP contribution is 2.19. The Hall–Kier alpha value is -0.610. The van der Waals surface area contributed by atoms with Gasteiger partial charge in [-0.05, 0) is 53.4 Å². The smallest absolute Gasteiger partial charge is 0.227 e. The minimum atomic E-state index is -0.509. The van der Waals surface area contributed by atoms with E-state index in [9.17, 15) is 4.79 Å². The fourth-order valence-corrected chi connectivity index (χ4v) is 1.67. The van der Waals surface area contributed by atoms with Crippen LogP contribution in [-0.4, -0.2) is 37.9 Å². The van der Waals surface area contributed by atoms with E-state index in [2.05, 4.69) is 19.2 Å². The van der Waals surface area contributed by atoms with Crippen LogP contribution < -0.4 is 5.32 Å². The summed E-state index contributed by atoms with van der Waals surface area (Å²) in [6, 6.07) is 0. The molecule has 0 saturated heterocycles. The van der Waals surface area contributed by atoms with Crippen molar-refractivity contribution in [1.29, 1.82) is 0 Å². The topological polar surface area (TPSA) is 47.6 Å². The van der Waals surface area contributed by atoms with Crippen LogP contribution in [0, 0.1) is 11.3 Å². The van der Waals surface area contributed by atoms with E-state index in [0.717, 1.165) is 25.4 Å². The molecular weight excluding hydrogens is 278 g/mol. The minimum Gasteiger partial charge on any atom is -0.381 e. The van der Waals surface area contributed by atoms with Crippen LogP contribution in [0.2, 0.25) is 0 Å². The summed E-state index contributed by atoms with van der Waals surface area (Å²) < 4.78 is 11.3. The number of nitrogens with one attached hydrogen (secondary N) is 1. The minimum absolute atomic E-state index is 0.0383. The zero-order chi connectivity index (χ0) is 17.2. The van der Waals surface area contributed by atoms with Crippen molar-refractivity contribution in [2.45, 2.75) is 73.3 Å².